The Labute approximate surface area is 90.0 Å². The summed E-state index contributed by atoms with van der Waals surface area (Å²) in [5.74, 6) is 0. The van der Waals surface area contributed by atoms with Gasteiger partial charge in [-0.25, -0.2) is 4.58 Å². The molecule has 1 aromatic carbocycles. The van der Waals surface area contributed by atoms with Crippen molar-refractivity contribution in [2.75, 3.05) is 13.1 Å². The lowest BCUT2D eigenvalue weighted by Crippen LogP contribution is -2.16. The molecule has 1 heterocycles. The van der Waals surface area contributed by atoms with Crippen LogP contribution in [0, 0.1) is 0 Å². The summed E-state index contributed by atoms with van der Waals surface area (Å²) in [6.07, 6.45) is 2.65. The van der Waals surface area contributed by atoms with E-state index in [1.165, 1.54) is 37.2 Å². The minimum atomic E-state index is 0.808. The van der Waals surface area contributed by atoms with Crippen LogP contribution in [0.1, 0.15) is 25.3 Å². The lowest BCUT2D eigenvalue weighted by molar-refractivity contribution is -0.506. The van der Waals surface area contributed by atoms with Gasteiger partial charge in [0.2, 0.25) is 0 Å². The van der Waals surface area contributed by atoms with Gasteiger partial charge in [-0.15, -0.1) is 0 Å². The minimum Gasteiger partial charge on any atom is -0.233 e. The van der Waals surface area contributed by atoms with E-state index in [1.54, 1.807) is 0 Å². The van der Waals surface area contributed by atoms with E-state index in [9.17, 15) is 0 Å². The van der Waals surface area contributed by atoms with Gasteiger partial charge in [-0.3, -0.25) is 0 Å². The summed E-state index contributed by atoms with van der Waals surface area (Å²) in [7, 11) is 0. The number of rotatable bonds is 1. The first kappa shape index (κ1) is 9.72. The van der Waals surface area contributed by atoms with Crippen LogP contribution in [0.15, 0.2) is 24.3 Å². The third-order valence-corrected chi connectivity index (χ3v) is 3.09. The third-order valence-electron chi connectivity index (χ3n) is 2.84. The van der Waals surface area contributed by atoms with Gasteiger partial charge in [0.25, 0.3) is 0 Å². The maximum Gasteiger partial charge on any atom is 0.180 e. The molecule has 1 nitrogen and oxygen atoms in total. The molecule has 0 aliphatic carbocycles. The highest BCUT2D eigenvalue weighted by molar-refractivity contribution is 6.30. The molecule has 0 radical (unpaired) electrons. The third kappa shape index (κ3) is 1.98. The van der Waals surface area contributed by atoms with E-state index in [0.29, 0.717) is 0 Å². The molecule has 1 fully saturated rings. The second kappa shape index (κ2) is 4.14. The first-order valence-electron chi connectivity index (χ1n) is 5.12. The zero-order valence-electron chi connectivity index (χ0n) is 8.46. The van der Waals surface area contributed by atoms with Gasteiger partial charge in [-0.05, 0) is 24.3 Å². The Hall–Kier alpha value is -0.820. The Morgan fingerprint density at radius 1 is 1.14 bits per heavy atom. The number of benzene rings is 1. The van der Waals surface area contributed by atoms with Crippen molar-refractivity contribution in [1.82, 2.24) is 0 Å². The first-order valence-corrected chi connectivity index (χ1v) is 5.49. The van der Waals surface area contributed by atoms with Crippen LogP contribution in [0.3, 0.4) is 0 Å². The van der Waals surface area contributed by atoms with E-state index in [1.807, 2.05) is 12.1 Å². The van der Waals surface area contributed by atoms with Gasteiger partial charge < -0.3 is 0 Å². The van der Waals surface area contributed by atoms with Gasteiger partial charge in [0.15, 0.2) is 5.71 Å². The van der Waals surface area contributed by atoms with Gasteiger partial charge in [-0.1, -0.05) is 11.6 Å². The van der Waals surface area contributed by atoms with Crippen LogP contribution < -0.4 is 0 Å². The van der Waals surface area contributed by atoms with Gasteiger partial charge in [0.1, 0.15) is 13.1 Å². The van der Waals surface area contributed by atoms with E-state index in [0.717, 1.165) is 5.02 Å². The fourth-order valence-electron chi connectivity index (χ4n) is 1.93. The Balaban J connectivity index is 2.30. The molecule has 0 N–H and O–H groups in total. The molecule has 0 amide bonds. The maximum absolute atomic E-state index is 5.85. The molecule has 0 atom stereocenters. The molecule has 0 aromatic heterocycles. The molecule has 0 spiro atoms. The van der Waals surface area contributed by atoms with E-state index in [2.05, 4.69) is 23.6 Å². The van der Waals surface area contributed by atoms with Crippen LogP contribution in [0.4, 0.5) is 0 Å². The van der Waals surface area contributed by atoms with Gasteiger partial charge in [0.05, 0.1) is 0 Å². The summed E-state index contributed by atoms with van der Waals surface area (Å²) in [6.45, 7) is 4.59. The van der Waals surface area contributed by atoms with Gasteiger partial charge in [-0.2, -0.15) is 0 Å². The number of nitrogens with zero attached hydrogens (tertiary/aromatic N) is 1. The van der Waals surface area contributed by atoms with Crippen LogP contribution in [0.2, 0.25) is 5.02 Å². The first-order chi connectivity index (χ1) is 6.77. The van der Waals surface area contributed by atoms with Crippen LogP contribution in [-0.2, 0) is 0 Å². The summed E-state index contributed by atoms with van der Waals surface area (Å²) in [5, 5.41) is 0.808. The molecule has 74 valence electrons. The standard InChI is InChI=1S/C12H15ClN/c1-10(14-8-2-3-9-14)11-4-6-12(13)7-5-11/h4-7H,2-3,8-9H2,1H3/q+1. The Morgan fingerprint density at radius 2 is 1.71 bits per heavy atom. The highest BCUT2D eigenvalue weighted by atomic mass is 35.5. The fraction of sp³-hybridized carbons (Fsp3) is 0.417. The van der Waals surface area contributed by atoms with E-state index >= 15 is 0 Å². The molecule has 2 heteroatoms. The molecule has 0 saturated carbocycles. The molecule has 0 bridgehead atoms. The summed E-state index contributed by atoms with van der Waals surface area (Å²) < 4.78 is 2.45. The van der Waals surface area contributed by atoms with Crippen LogP contribution >= 0.6 is 11.6 Å². The highest BCUT2D eigenvalue weighted by Crippen LogP contribution is 2.12. The molecule has 1 aliphatic heterocycles. The fourth-order valence-corrected chi connectivity index (χ4v) is 2.05. The number of halogens is 1. The molecule has 0 unspecified atom stereocenters. The van der Waals surface area contributed by atoms with Crippen molar-refractivity contribution in [3.8, 4) is 0 Å². The van der Waals surface area contributed by atoms with Crippen LogP contribution in [0.25, 0.3) is 0 Å². The topological polar surface area (TPSA) is 3.01 Å². The number of hydrogen-bond acceptors (Lipinski definition) is 0. The van der Waals surface area contributed by atoms with Crippen LogP contribution in [-0.4, -0.2) is 23.4 Å². The average Bonchev–Trinajstić information content (AvgIpc) is 2.71. The molecule has 1 aliphatic rings. The predicted octanol–water partition coefficient (Wildman–Crippen LogP) is 2.96. The molecule has 1 saturated heterocycles. The predicted molar refractivity (Wildman–Crippen MR) is 60.5 cm³/mol. The Bertz CT molecular complexity index is 343. The van der Waals surface area contributed by atoms with Crippen molar-refractivity contribution in [3.05, 3.63) is 34.9 Å². The summed E-state index contributed by atoms with van der Waals surface area (Å²) >= 11 is 5.85. The zero-order chi connectivity index (χ0) is 9.97. The van der Waals surface area contributed by atoms with Crippen molar-refractivity contribution in [3.63, 3.8) is 0 Å². The lowest BCUT2D eigenvalue weighted by Gasteiger charge is -2.00. The molecular weight excluding hydrogens is 194 g/mol. The second-order valence-corrected chi connectivity index (χ2v) is 4.22. The number of hydrogen-bond donors (Lipinski definition) is 0. The van der Waals surface area contributed by atoms with Crippen molar-refractivity contribution < 1.29 is 4.58 Å². The zero-order valence-corrected chi connectivity index (χ0v) is 9.22. The Morgan fingerprint density at radius 3 is 2.29 bits per heavy atom. The summed E-state index contributed by atoms with van der Waals surface area (Å²) in [5.41, 5.74) is 2.66. The lowest BCUT2D eigenvalue weighted by atomic mass is 10.1. The summed E-state index contributed by atoms with van der Waals surface area (Å²) in [6, 6.07) is 8.10. The molecule has 1 aromatic rings. The van der Waals surface area contributed by atoms with Crippen molar-refractivity contribution in [2.24, 2.45) is 0 Å². The highest BCUT2D eigenvalue weighted by Gasteiger charge is 2.17. The normalized spacial score (nSPS) is 16.0. The summed E-state index contributed by atoms with van der Waals surface area (Å²) in [4.78, 5) is 0. The minimum absolute atomic E-state index is 0.808. The largest absolute Gasteiger partial charge is 0.233 e. The smallest absolute Gasteiger partial charge is 0.180 e. The van der Waals surface area contributed by atoms with E-state index in [4.69, 9.17) is 11.6 Å². The second-order valence-electron chi connectivity index (χ2n) is 3.79. The molecular formula is C12H15ClN+. The average molecular weight is 209 g/mol. The quantitative estimate of drug-likeness (QED) is 0.625. The molecule has 2 rings (SSSR count). The molecule has 14 heavy (non-hydrogen) atoms. The van der Waals surface area contributed by atoms with Crippen molar-refractivity contribution in [1.29, 1.82) is 0 Å². The van der Waals surface area contributed by atoms with E-state index in [-0.39, 0.29) is 0 Å². The van der Waals surface area contributed by atoms with Crippen molar-refractivity contribution in [2.45, 2.75) is 19.8 Å². The SMILES string of the molecule is CC(c1ccc(Cl)cc1)=[N+]1CCCC1. The monoisotopic (exact) mass is 208 g/mol. The maximum atomic E-state index is 5.85. The van der Waals surface area contributed by atoms with Crippen LogP contribution in [0.5, 0.6) is 0 Å². The van der Waals surface area contributed by atoms with Crippen molar-refractivity contribution >= 4 is 17.3 Å². The van der Waals surface area contributed by atoms with E-state index < -0.39 is 0 Å². The Kier molecular flexibility index (Phi) is 2.87. The van der Waals surface area contributed by atoms with Gasteiger partial charge >= 0.3 is 0 Å². The van der Waals surface area contributed by atoms with Gasteiger partial charge in [0, 0.05) is 30.4 Å².